The topological polar surface area (TPSA) is 62.7 Å². The Labute approximate surface area is 116 Å². The van der Waals surface area contributed by atoms with E-state index < -0.39 is 0 Å². The van der Waals surface area contributed by atoms with Crippen molar-refractivity contribution < 1.29 is 14.6 Å². The predicted molar refractivity (Wildman–Crippen MR) is 74.5 cm³/mol. The fourth-order valence-corrected chi connectivity index (χ4v) is 2.52. The molecule has 0 spiro atoms. The van der Waals surface area contributed by atoms with E-state index >= 15 is 0 Å². The van der Waals surface area contributed by atoms with E-state index in [1.54, 1.807) is 17.2 Å². The highest BCUT2D eigenvalue weighted by atomic mass is 16.5. The number of amides is 1. The van der Waals surface area contributed by atoms with Gasteiger partial charge in [-0.1, -0.05) is 12.1 Å². The molecule has 1 fully saturated rings. The van der Waals surface area contributed by atoms with Crippen LogP contribution >= 0.6 is 0 Å². The summed E-state index contributed by atoms with van der Waals surface area (Å²) < 4.78 is 5.31. The number of aliphatic hydroxyl groups excluding tert-OH is 1. The van der Waals surface area contributed by atoms with Gasteiger partial charge in [0.25, 0.3) is 5.91 Å². The number of carbonyl (C=O) groups is 1. The lowest BCUT2D eigenvalue weighted by Gasteiger charge is -2.34. The van der Waals surface area contributed by atoms with Crippen LogP contribution in [0.5, 0.6) is 0 Å². The zero-order chi connectivity index (χ0) is 13.9. The maximum atomic E-state index is 12.7. The highest BCUT2D eigenvalue weighted by molar-refractivity contribution is 6.06. The van der Waals surface area contributed by atoms with E-state index in [9.17, 15) is 9.90 Å². The van der Waals surface area contributed by atoms with Gasteiger partial charge in [-0.15, -0.1) is 0 Å². The normalized spacial score (nSPS) is 19.2. The number of rotatable bonds is 2. The highest BCUT2D eigenvalue weighted by Gasteiger charge is 2.28. The third-order valence-corrected chi connectivity index (χ3v) is 3.58. The Hall–Kier alpha value is -1.98. The van der Waals surface area contributed by atoms with Gasteiger partial charge in [0.05, 0.1) is 31.4 Å². The Morgan fingerprint density at radius 3 is 3.15 bits per heavy atom. The highest BCUT2D eigenvalue weighted by Crippen LogP contribution is 2.20. The van der Waals surface area contributed by atoms with Gasteiger partial charge in [-0.2, -0.15) is 0 Å². The molecule has 1 aromatic heterocycles. The Bertz CT molecular complexity index is 624. The van der Waals surface area contributed by atoms with Crippen LogP contribution in [0.4, 0.5) is 0 Å². The molecule has 1 aliphatic heterocycles. The molecule has 2 aromatic rings. The molecule has 5 heteroatoms. The molecule has 1 aliphatic rings. The Kier molecular flexibility index (Phi) is 3.62. The summed E-state index contributed by atoms with van der Waals surface area (Å²) in [5.74, 6) is -0.0778. The first-order valence-electron chi connectivity index (χ1n) is 6.64. The summed E-state index contributed by atoms with van der Waals surface area (Å²) in [5.41, 5.74) is 1.42. The van der Waals surface area contributed by atoms with E-state index in [0.29, 0.717) is 25.3 Å². The van der Waals surface area contributed by atoms with Gasteiger partial charge in [-0.05, 0) is 18.2 Å². The molecular formula is C15H16N2O3. The molecule has 2 heterocycles. The first kappa shape index (κ1) is 13.0. The van der Waals surface area contributed by atoms with Gasteiger partial charge in [0.1, 0.15) is 0 Å². The van der Waals surface area contributed by atoms with E-state index in [-0.39, 0.29) is 18.6 Å². The molecule has 1 atom stereocenters. The number of ether oxygens (including phenoxy) is 1. The van der Waals surface area contributed by atoms with Crippen LogP contribution in [0.25, 0.3) is 10.9 Å². The SMILES string of the molecule is O=C(c1cccc2ncccc12)N1CCOCC1CO. The molecule has 1 aromatic carbocycles. The van der Waals surface area contributed by atoms with Crippen LogP contribution in [0, 0.1) is 0 Å². The summed E-state index contributed by atoms with van der Waals surface area (Å²) in [5, 5.41) is 10.2. The van der Waals surface area contributed by atoms with Crippen molar-refractivity contribution in [2.45, 2.75) is 6.04 Å². The standard InChI is InChI=1S/C15H16N2O3/c18-9-11-10-20-8-7-17(11)15(19)13-3-1-5-14-12(13)4-2-6-16-14/h1-6,11,18H,7-10H2. The fraction of sp³-hybridized carbons (Fsp3) is 0.333. The number of fused-ring (bicyclic) bond motifs is 1. The molecule has 1 N–H and O–H groups in total. The molecule has 0 radical (unpaired) electrons. The smallest absolute Gasteiger partial charge is 0.255 e. The predicted octanol–water partition coefficient (Wildman–Crippen LogP) is 1.07. The lowest BCUT2D eigenvalue weighted by Crippen LogP contribution is -2.50. The molecule has 0 bridgehead atoms. The van der Waals surface area contributed by atoms with Crippen molar-refractivity contribution in [2.24, 2.45) is 0 Å². The van der Waals surface area contributed by atoms with E-state index in [2.05, 4.69) is 4.98 Å². The number of nitrogens with zero attached hydrogens (tertiary/aromatic N) is 2. The van der Waals surface area contributed by atoms with Crippen molar-refractivity contribution in [3.05, 3.63) is 42.1 Å². The van der Waals surface area contributed by atoms with Crippen molar-refractivity contribution in [1.29, 1.82) is 0 Å². The van der Waals surface area contributed by atoms with Crippen LogP contribution in [0.2, 0.25) is 0 Å². The fourth-order valence-electron chi connectivity index (χ4n) is 2.52. The van der Waals surface area contributed by atoms with Gasteiger partial charge in [0, 0.05) is 23.7 Å². The van der Waals surface area contributed by atoms with Gasteiger partial charge < -0.3 is 14.7 Å². The maximum absolute atomic E-state index is 12.7. The molecule has 1 amide bonds. The van der Waals surface area contributed by atoms with Crippen LogP contribution in [0.3, 0.4) is 0 Å². The summed E-state index contributed by atoms with van der Waals surface area (Å²) in [6.07, 6.45) is 1.71. The number of pyridine rings is 1. The van der Waals surface area contributed by atoms with Crippen LogP contribution in [-0.2, 0) is 4.74 Å². The number of hydrogen-bond donors (Lipinski definition) is 1. The van der Waals surface area contributed by atoms with Gasteiger partial charge in [0.15, 0.2) is 0 Å². The summed E-state index contributed by atoms with van der Waals surface area (Å²) >= 11 is 0. The summed E-state index contributed by atoms with van der Waals surface area (Å²) in [7, 11) is 0. The minimum Gasteiger partial charge on any atom is -0.394 e. The summed E-state index contributed by atoms with van der Waals surface area (Å²) in [4.78, 5) is 18.7. The van der Waals surface area contributed by atoms with Gasteiger partial charge >= 0.3 is 0 Å². The molecule has 1 saturated heterocycles. The Morgan fingerprint density at radius 2 is 2.30 bits per heavy atom. The minimum absolute atomic E-state index is 0.0778. The zero-order valence-electron chi connectivity index (χ0n) is 11.0. The number of aliphatic hydroxyl groups is 1. The second kappa shape index (κ2) is 5.56. The molecule has 0 aliphatic carbocycles. The third-order valence-electron chi connectivity index (χ3n) is 3.58. The second-order valence-electron chi connectivity index (χ2n) is 4.79. The lowest BCUT2D eigenvalue weighted by atomic mass is 10.1. The number of morpholine rings is 1. The number of benzene rings is 1. The lowest BCUT2D eigenvalue weighted by molar-refractivity contribution is -0.0183. The summed E-state index contributed by atoms with van der Waals surface area (Å²) in [6, 6.07) is 8.96. The van der Waals surface area contributed by atoms with Gasteiger partial charge in [-0.25, -0.2) is 0 Å². The van der Waals surface area contributed by atoms with Gasteiger partial charge in [-0.3, -0.25) is 9.78 Å². The molecule has 3 rings (SSSR count). The Balaban J connectivity index is 1.99. The minimum atomic E-state index is -0.275. The average molecular weight is 272 g/mol. The van der Waals surface area contributed by atoms with Crippen molar-refractivity contribution in [1.82, 2.24) is 9.88 Å². The largest absolute Gasteiger partial charge is 0.394 e. The maximum Gasteiger partial charge on any atom is 0.255 e. The average Bonchev–Trinajstić information content (AvgIpc) is 2.53. The molecule has 0 saturated carbocycles. The third kappa shape index (κ3) is 2.26. The van der Waals surface area contributed by atoms with Crippen molar-refractivity contribution in [3.63, 3.8) is 0 Å². The quantitative estimate of drug-likeness (QED) is 0.888. The molecule has 104 valence electrons. The summed E-state index contributed by atoms with van der Waals surface area (Å²) in [6.45, 7) is 1.30. The Morgan fingerprint density at radius 1 is 1.40 bits per heavy atom. The van der Waals surface area contributed by atoms with E-state index in [1.165, 1.54) is 0 Å². The van der Waals surface area contributed by atoms with Crippen LogP contribution in [0.15, 0.2) is 36.5 Å². The number of hydrogen-bond acceptors (Lipinski definition) is 4. The first-order valence-corrected chi connectivity index (χ1v) is 6.64. The van der Waals surface area contributed by atoms with E-state index in [4.69, 9.17) is 4.74 Å². The van der Waals surface area contributed by atoms with Gasteiger partial charge in [0.2, 0.25) is 0 Å². The zero-order valence-corrected chi connectivity index (χ0v) is 11.0. The van der Waals surface area contributed by atoms with Crippen LogP contribution < -0.4 is 0 Å². The first-order chi connectivity index (χ1) is 9.81. The molecule has 1 unspecified atom stereocenters. The molecular weight excluding hydrogens is 256 g/mol. The van der Waals surface area contributed by atoms with E-state index in [1.807, 2.05) is 24.3 Å². The van der Waals surface area contributed by atoms with Crippen LogP contribution in [-0.4, -0.2) is 53.3 Å². The van der Waals surface area contributed by atoms with Crippen molar-refractivity contribution in [3.8, 4) is 0 Å². The van der Waals surface area contributed by atoms with Crippen molar-refractivity contribution >= 4 is 16.8 Å². The second-order valence-corrected chi connectivity index (χ2v) is 4.79. The van der Waals surface area contributed by atoms with Crippen molar-refractivity contribution in [2.75, 3.05) is 26.4 Å². The molecule has 20 heavy (non-hydrogen) atoms. The van der Waals surface area contributed by atoms with E-state index in [0.717, 1.165) is 10.9 Å². The number of carbonyl (C=O) groups excluding carboxylic acids is 1. The van der Waals surface area contributed by atoms with Crippen LogP contribution in [0.1, 0.15) is 10.4 Å². The number of aromatic nitrogens is 1. The molecule has 5 nitrogen and oxygen atoms in total. The monoisotopic (exact) mass is 272 g/mol.